The number of carbonyl (C=O) groups excluding carboxylic acids is 1. The summed E-state index contributed by atoms with van der Waals surface area (Å²) in [7, 11) is 0. The summed E-state index contributed by atoms with van der Waals surface area (Å²) in [6.45, 7) is 7.99. The van der Waals surface area contributed by atoms with Crippen molar-refractivity contribution >= 4 is 12.0 Å². The molecule has 0 saturated carbocycles. The molecule has 0 aromatic rings. The van der Waals surface area contributed by atoms with Crippen LogP contribution in [-0.4, -0.2) is 28.6 Å². The van der Waals surface area contributed by atoms with Crippen LogP contribution in [0.5, 0.6) is 0 Å². The molecule has 0 unspecified atom stereocenters. The van der Waals surface area contributed by atoms with Crippen molar-refractivity contribution in [2.24, 2.45) is 5.10 Å². The summed E-state index contributed by atoms with van der Waals surface area (Å²) in [6, 6.07) is 0.272. The first-order chi connectivity index (χ1) is 5.96. The van der Waals surface area contributed by atoms with Crippen LogP contribution in [0.25, 0.3) is 0 Å². The zero-order chi connectivity index (χ0) is 10.1. The molecule has 13 heavy (non-hydrogen) atoms. The maximum atomic E-state index is 11.7. The fourth-order valence-electron chi connectivity index (χ4n) is 1.70. The number of carbonyl (C=O) groups is 1. The molecule has 0 fully saturated rings. The molecule has 0 aliphatic carbocycles. The Balaban J connectivity index is 2.95. The minimum absolute atomic E-state index is 0.272. The van der Waals surface area contributed by atoms with Crippen LogP contribution >= 0.6 is 0 Å². The van der Waals surface area contributed by atoms with Gasteiger partial charge >= 0.3 is 0 Å². The molecular weight excluding hydrogens is 164 g/mol. The van der Waals surface area contributed by atoms with Gasteiger partial charge in [-0.2, -0.15) is 5.10 Å². The number of Topliss-reactive ketones (excluding diaryl/α,β-unsaturated/α-hetero) is 1. The van der Waals surface area contributed by atoms with E-state index >= 15 is 0 Å². The van der Waals surface area contributed by atoms with Crippen LogP contribution < -0.4 is 0 Å². The molecule has 74 valence electrons. The van der Waals surface area contributed by atoms with Crippen LogP contribution in [0.2, 0.25) is 0 Å². The second kappa shape index (κ2) is 3.48. The summed E-state index contributed by atoms with van der Waals surface area (Å²) in [5.41, 5.74) is -0.443. The van der Waals surface area contributed by atoms with Crippen molar-refractivity contribution in [3.8, 4) is 0 Å². The molecule has 1 heterocycles. The van der Waals surface area contributed by atoms with Crippen molar-refractivity contribution in [3.05, 3.63) is 0 Å². The minimum atomic E-state index is -0.443. The molecule has 1 aliphatic rings. The zero-order valence-corrected chi connectivity index (χ0v) is 8.87. The number of hydrazone groups is 1. The van der Waals surface area contributed by atoms with E-state index in [-0.39, 0.29) is 11.8 Å². The third-order valence-electron chi connectivity index (χ3n) is 2.45. The van der Waals surface area contributed by atoms with Gasteiger partial charge in [-0.05, 0) is 34.1 Å². The van der Waals surface area contributed by atoms with Gasteiger partial charge in [-0.3, -0.25) is 9.80 Å². The third kappa shape index (κ3) is 1.90. The molecule has 0 bridgehead atoms. The Bertz CT molecular complexity index is 231. The van der Waals surface area contributed by atoms with E-state index in [1.807, 2.05) is 25.1 Å². The molecule has 0 amide bonds. The second-order valence-corrected chi connectivity index (χ2v) is 4.26. The molecule has 0 saturated heterocycles. The Morgan fingerprint density at radius 3 is 2.69 bits per heavy atom. The van der Waals surface area contributed by atoms with Gasteiger partial charge in [0, 0.05) is 18.7 Å². The van der Waals surface area contributed by atoms with Crippen LogP contribution in [0.15, 0.2) is 5.10 Å². The number of hydrogen-bond acceptors (Lipinski definition) is 3. The predicted octanol–water partition coefficient (Wildman–Crippen LogP) is 1.82. The zero-order valence-electron chi connectivity index (χ0n) is 8.87. The highest BCUT2D eigenvalue weighted by molar-refractivity contribution is 5.90. The molecular formula is C10H18N2O. The second-order valence-electron chi connectivity index (χ2n) is 4.26. The lowest BCUT2D eigenvalue weighted by Crippen LogP contribution is -2.49. The third-order valence-corrected chi connectivity index (χ3v) is 2.45. The average Bonchev–Trinajstić information content (AvgIpc) is 2.12. The van der Waals surface area contributed by atoms with Crippen molar-refractivity contribution in [2.45, 2.75) is 52.1 Å². The van der Waals surface area contributed by atoms with Crippen molar-refractivity contribution in [1.82, 2.24) is 5.01 Å². The number of ketones is 1. The molecule has 1 rings (SSSR count). The van der Waals surface area contributed by atoms with Crippen molar-refractivity contribution < 1.29 is 4.79 Å². The molecule has 0 spiro atoms. The van der Waals surface area contributed by atoms with Gasteiger partial charge in [-0.1, -0.05) is 0 Å². The van der Waals surface area contributed by atoms with Gasteiger partial charge in [0.1, 0.15) is 5.54 Å². The van der Waals surface area contributed by atoms with Gasteiger partial charge in [-0.25, -0.2) is 0 Å². The number of rotatable bonds is 1. The number of nitrogens with zero attached hydrogens (tertiary/aromatic N) is 2. The molecule has 0 radical (unpaired) electrons. The van der Waals surface area contributed by atoms with Crippen LogP contribution in [0.1, 0.15) is 40.5 Å². The van der Waals surface area contributed by atoms with Crippen LogP contribution in [-0.2, 0) is 4.79 Å². The van der Waals surface area contributed by atoms with E-state index in [1.165, 1.54) is 0 Å². The van der Waals surface area contributed by atoms with Crippen LogP contribution in [0.3, 0.4) is 0 Å². The van der Waals surface area contributed by atoms with Crippen LogP contribution in [0.4, 0.5) is 0 Å². The molecule has 0 atom stereocenters. The lowest BCUT2D eigenvalue weighted by atomic mass is 9.94. The van der Waals surface area contributed by atoms with E-state index in [1.54, 1.807) is 0 Å². The van der Waals surface area contributed by atoms with Gasteiger partial charge in [0.25, 0.3) is 0 Å². The minimum Gasteiger partial charge on any atom is -0.297 e. The molecule has 3 heteroatoms. The standard InChI is InChI=1S/C10H18N2O/c1-8(2)12-10(3,4)9(13)6-5-7-11-12/h7-8H,5-6H2,1-4H3. The first-order valence-electron chi connectivity index (χ1n) is 4.81. The first-order valence-corrected chi connectivity index (χ1v) is 4.81. The topological polar surface area (TPSA) is 32.7 Å². The number of hydrogen-bond donors (Lipinski definition) is 0. The lowest BCUT2D eigenvalue weighted by Gasteiger charge is -2.36. The lowest BCUT2D eigenvalue weighted by molar-refractivity contribution is -0.130. The quantitative estimate of drug-likeness (QED) is 0.619. The molecule has 0 aromatic heterocycles. The monoisotopic (exact) mass is 182 g/mol. The summed E-state index contributed by atoms with van der Waals surface area (Å²) in [4.78, 5) is 11.7. The van der Waals surface area contributed by atoms with E-state index in [0.29, 0.717) is 6.42 Å². The van der Waals surface area contributed by atoms with E-state index in [2.05, 4.69) is 18.9 Å². The summed E-state index contributed by atoms with van der Waals surface area (Å²) in [5, 5.41) is 6.20. The highest BCUT2D eigenvalue weighted by Crippen LogP contribution is 2.23. The summed E-state index contributed by atoms with van der Waals surface area (Å²) >= 11 is 0. The Kier molecular flexibility index (Phi) is 2.74. The van der Waals surface area contributed by atoms with Crippen molar-refractivity contribution in [3.63, 3.8) is 0 Å². The van der Waals surface area contributed by atoms with Gasteiger partial charge in [-0.15, -0.1) is 0 Å². The van der Waals surface area contributed by atoms with Gasteiger partial charge in [0.05, 0.1) is 0 Å². The highest BCUT2D eigenvalue weighted by atomic mass is 16.1. The maximum Gasteiger partial charge on any atom is 0.159 e. The molecule has 1 aliphatic heterocycles. The SMILES string of the molecule is CC(C)N1N=CCCC(=O)C1(C)C. The largest absolute Gasteiger partial charge is 0.297 e. The Morgan fingerprint density at radius 1 is 1.54 bits per heavy atom. The van der Waals surface area contributed by atoms with Crippen molar-refractivity contribution in [1.29, 1.82) is 0 Å². The Morgan fingerprint density at radius 2 is 2.15 bits per heavy atom. The van der Waals surface area contributed by atoms with Crippen molar-refractivity contribution in [2.75, 3.05) is 0 Å². The fraction of sp³-hybridized carbons (Fsp3) is 0.800. The maximum absolute atomic E-state index is 11.7. The molecule has 3 nitrogen and oxygen atoms in total. The van der Waals surface area contributed by atoms with E-state index in [9.17, 15) is 4.79 Å². The smallest absolute Gasteiger partial charge is 0.159 e. The van der Waals surface area contributed by atoms with Crippen LogP contribution in [0, 0.1) is 0 Å². The highest BCUT2D eigenvalue weighted by Gasteiger charge is 2.35. The predicted molar refractivity (Wildman–Crippen MR) is 53.8 cm³/mol. The van der Waals surface area contributed by atoms with E-state index in [4.69, 9.17) is 0 Å². The fourth-order valence-corrected chi connectivity index (χ4v) is 1.70. The summed E-state index contributed by atoms with van der Waals surface area (Å²) in [5.74, 6) is 0.277. The Labute approximate surface area is 79.8 Å². The van der Waals surface area contributed by atoms with E-state index in [0.717, 1.165) is 6.42 Å². The summed E-state index contributed by atoms with van der Waals surface area (Å²) < 4.78 is 0. The normalized spacial score (nSPS) is 22.2. The van der Waals surface area contributed by atoms with Gasteiger partial charge in [0.15, 0.2) is 5.78 Å². The summed E-state index contributed by atoms with van der Waals surface area (Å²) in [6.07, 6.45) is 3.22. The van der Waals surface area contributed by atoms with Gasteiger partial charge < -0.3 is 0 Å². The molecule has 0 aromatic carbocycles. The average molecular weight is 182 g/mol. The van der Waals surface area contributed by atoms with E-state index < -0.39 is 5.54 Å². The molecule has 0 N–H and O–H groups in total. The Hall–Kier alpha value is -0.860. The van der Waals surface area contributed by atoms with Gasteiger partial charge in [0.2, 0.25) is 0 Å². The first kappa shape index (κ1) is 10.2.